The Morgan fingerprint density at radius 3 is 2.73 bits per heavy atom. The van der Waals surface area contributed by atoms with E-state index in [9.17, 15) is 0 Å². The highest BCUT2D eigenvalue weighted by atomic mass is 16.3. The molecule has 0 aliphatic rings. The fourth-order valence-electron chi connectivity index (χ4n) is 0.619. The molecule has 0 spiro atoms. The Hall–Kier alpha value is -1.23. The summed E-state index contributed by atoms with van der Waals surface area (Å²) in [6.07, 6.45) is 1.67. The summed E-state index contributed by atoms with van der Waals surface area (Å²) in [6, 6.07) is 0. The first-order chi connectivity index (χ1) is 5.18. The van der Waals surface area contributed by atoms with Gasteiger partial charge in [0, 0.05) is 5.92 Å². The van der Waals surface area contributed by atoms with Gasteiger partial charge in [-0.2, -0.15) is 0 Å². The Balaban J connectivity index is 2.74. The maximum Gasteiger partial charge on any atom is 0.273 e. The largest absolute Gasteiger partial charge is 0.435 e. The maximum atomic E-state index is 5.15. The molecule has 0 saturated heterocycles. The van der Waals surface area contributed by atoms with Gasteiger partial charge in [-0.3, -0.25) is 0 Å². The highest BCUT2D eigenvalue weighted by molar-refractivity contribution is 5.18. The molecule has 1 aromatic rings. The molecule has 0 atom stereocenters. The summed E-state index contributed by atoms with van der Waals surface area (Å²) in [5.74, 6) is 7.48. The number of oxazole rings is 1. The number of aryl methyl sites for hydroxylation is 1. The molecule has 1 aromatic heterocycles. The van der Waals surface area contributed by atoms with Gasteiger partial charge in [-0.1, -0.05) is 19.8 Å². The zero-order valence-electron chi connectivity index (χ0n) is 7.01. The van der Waals surface area contributed by atoms with Gasteiger partial charge in [0.25, 0.3) is 5.89 Å². The van der Waals surface area contributed by atoms with Gasteiger partial charge in [-0.05, 0) is 12.8 Å². The third-order valence-electron chi connectivity index (χ3n) is 1.09. The van der Waals surface area contributed by atoms with Crippen molar-refractivity contribution in [3.8, 4) is 11.8 Å². The number of nitrogens with zero attached hydrogens (tertiary/aromatic N) is 1. The average Bonchev–Trinajstić information content (AvgIpc) is 2.31. The summed E-state index contributed by atoms with van der Waals surface area (Å²) < 4.78 is 5.15. The Bertz CT molecular complexity index is 288. The zero-order valence-corrected chi connectivity index (χ0v) is 7.01. The van der Waals surface area contributed by atoms with Crippen LogP contribution >= 0.6 is 0 Å². The number of hydrogen-bond acceptors (Lipinski definition) is 2. The summed E-state index contributed by atoms with van der Waals surface area (Å²) in [7, 11) is 0. The third-order valence-corrected chi connectivity index (χ3v) is 1.09. The normalized spacial score (nSPS) is 9.45. The molecule has 0 aromatic carbocycles. The second-order valence-corrected chi connectivity index (χ2v) is 2.70. The first-order valence-corrected chi connectivity index (χ1v) is 3.62. The van der Waals surface area contributed by atoms with Crippen molar-refractivity contribution in [2.24, 2.45) is 5.92 Å². The van der Waals surface area contributed by atoms with Crippen molar-refractivity contribution in [3.05, 3.63) is 17.8 Å². The fraction of sp³-hybridized carbons (Fsp3) is 0.444. The van der Waals surface area contributed by atoms with Gasteiger partial charge in [0.1, 0.15) is 5.76 Å². The van der Waals surface area contributed by atoms with Gasteiger partial charge < -0.3 is 4.42 Å². The molecule has 58 valence electrons. The first kappa shape index (κ1) is 7.87. The first-order valence-electron chi connectivity index (χ1n) is 3.62. The van der Waals surface area contributed by atoms with Crippen LogP contribution < -0.4 is 0 Å². The zero-order chi connectivity index (χ0) is 8.27. The van der Waals surface area contributed by atoms with E-state index >= 15 is 0 Å². The second-order valence-electron chi connectivity index (χ2n) is 2.70. The Labute approximate surface area is 66.6 Å². The molecular weight excluding hydrogens is 138 g/mol. The topological polar surface area (TPSA) is 26.0 Å². The molecule has 0 amide bonds. The van der Waals surface area contributed by atoms with Gasteiger partial charge in [0.15, 0.2) is 0 Å². The van der Waals surface area contributed by atoms with E-state index in [-0.39, 0.29) is 0 Å². The van der Waals surface area contributed by atoms with Crippen LogP contribution in [-0.4, -0.2) is 4.98 Å². The maximum absolute atomic E-state index is 5.15. The van der Waals surface area contributed by atoms with E-state index in [1.165, 1.54) is 0 Å². The van der Waals surface area contributed by atoms with Crippen molar-refractivity contribution in [1.29, 1.82) is 0 Å². The Kier molecular flexibility index (Phi) is 2.32. The third kappa shape index (κ3) is 2.46. The molecule has 2 nitrogen and oxygen atoms in total. The van der Waals surface area contributed by atoms with Crippen LogP contribution in [-0.2, 0) is 0 Å². The molecule has 0 fully saturated rings. The molecule has 0 aliphatic heterocycles. The van der Waals surface area contributed by atoms with Crippen LogP contribution in [0.2, 0.25) is 0 Å². The molecule has 0 bridgehead atoms. The highest BCUT2D eigenvalue weighted by Gasteiger charge is 1.93. The lowest BCUT2D eigenvalue weighted by Crippen LogP contribution is -1.78. The summed E-state index contributed by atoms with van der Waals surface area (Å²) >= 11 is 0. The van der Waals surface area contributed by atoms with Crippen molar-refractivity contribution in [1.82, 2.24) is 4.98 Å². The summed E-state index contributed by atoms with van der Waals surface area (Å²) in [5.41, 5.74) is 0. The second kappa shape index (κ2) is 3.25. The van der Waals surface area contributed by atoms with Crippen LogP contribution in [0.25, 0.3) is 0 Å². The molecule has 0 saturated carbocycles. The van der Waals surface area contributed by atoms with Gasteiger partial charge in [0.05, 0.1) is 6.20 Å². The highest BCUT2D eigenvalue weighted by Crippen LogP contribution is 1.99. The van der Waals surface area contributed by atoms with E-state index in [4.69, 9.17) is 4.42 Å². The average molecular weight is 149 g/mol. The molecule has 1 rings (SSSR count). The van der Waals surface area contributed by atoms with E-state index < -0.39 is 0 Å². The minimum atomic E-state index is 0.363. The lowest BCUT2D eigenvalue weighted by atomic mass is 10.2. The van der Waals surface area contributed by atoms with Crippen molar-refractivity contribution < 1.29 is 4.42 Å². The Morgan fingerprint density at radius 1 is 1.55 bits per heavy atom. The molecule has 1 heterocycles. The molecular formula is C9H11NO. The van der Waals surface area contributed by atoms with Crippen LogP contribution in [0, 0.1) is 24.7 Å². The lowest BCUT2D eigenvalue weighted by Gasteiger charge is -1.84. The number of hydrogen-bond donors (Lipinski definition) is 0. The van der Waals surface area contributed by atoms with Gasteiger partial charge >= 0.3 is 0 Å². The monoisotopic (exact) mass is 149 g/mol. The van der Waals surface area contributed by atoms with Crippen molar-refractivity contribution >= 4 is 0 Å². The van der Waals surface area contributed by atoms with Crippen molar-refractivity contribution in [2.75, 3.05) is 0 Å². The SMILES string of the molecule is Cc1cnc(C#CC(C)C)o1. The van der Waals surface area contributed by atoms with Gasteiger partial charge in [-0.15, -0.1) is 0 Å². The van der Waals surface area contributed by atoms with E-state index in [2.05, 4.69) is 16.8 Å². The van der Waals surface area contributed by atoms with Crippen molar-refractivity contribution in [2.45, 2.75) is 20.8 Å². The van der Waals surface area contributed by atoms with E-state index in [1.54, 1.807) is 6.20 Å². The van der Waals surface area contributed by atoms with Crippen LogP contribution in [0.4, 0.5) is 0 Å². The van der Waals surface area contributed by atoms with E-state index in [0.717, 1.165) is 5.76 Å². The van der Waals surface area contributed by atoms with Crippen LogP contribution in [0.1, 0.15) is 25.5 Å². The van der Waals surface area contributed by atoms with Crippen LogP contribution in [0.15, 0.2) is 10.6 Å². The van der Waals surface area contributed by atoms with E-state index in [0.29, 0.717) is 11.8 Å². The minimum Gasteiger partial charge on any atom is -0.435 e. The molecule has 0 unspecified atom stereocenters. The lowest BCUT2D eigenvalue weighted by molar-refractivity contribution is 0.514. The summed E-state index contributed by atoms with van der Waals surface area (Å²) in [6.45, 7) is 5.92. The smallest absolute Gasteiger partial charge is 0.273 e. The minimum absolute atomic E-state index is 0.363. The molecule has 0 N–H and O–H groups in total. The summed E-state index contributed by atoms with van der Waals surface area (Å²) in [4.78, 5) is 3.95. The standard InChI is InChI=1S/C9H11NO/c1-7(2)4-5-9-10-6-8(3)11-9/h6-7H,1-3H3. The molecule has 11 heavy (non-hydrogen) atoms. The quantitative estimate of drug-likeness (QED) is 0.527. The van der Waals surface area contributed by atoms with E-state index in [1.807, 2.05) is 20.8 Å². The predicted molar refractivity (Wildman–Crippen MR) is 43.0 cm³/mol. The van der Waals surface area contributed by atoms with Crippen molar-refractivity contribution in [3.63, 3.8) is 0 Å². The number of aromatic nitrogens is 1. The molecule has 0 radical (unpaired) electrons. The summed E-state index contributed by atoms with van der Waals surface area (Å²) in [5, 5.41) is 0. The molecule has 0 aliphatic carbocycles. The molecule has 2 heteroatoms. The van der Waals surface area contributed by atoms with Crippen LogP contribution in [0.5, 0.6) is 0 Å². The van der Waals surface area contributed by atoms with Crippen LogP contribution in [0.3, 0.4) is 0 Å². The predicted octanol–water partition coefficient (Wildman–Crippen LogP) is 1.99. The number of rotatable bonds is 0. The Morgan fingerprint density at radius 2 is 2.27 bits per heavy atom. The fourth-order valence-corrected chi connectivity index (χ4v) is 0.619. The van der Waals surface area contributed by atoms with Gasteiger partial charge in [0.2, 0.25) is 0 Å². The van der Waals surface area contributed by atoms with Gasteiger partial charge in [-0.25, -0.2) is 4.98 Å².